The lowest BCUT2D eigenvalue weighted by Crippen LogP contribution is -2.21. The first-order valence-electron chi connectivity index (χ1n) is 8.96. The van der Waals surface area contributed by atoms with Crippen LogP contribution in [0.15, 0.2) is 58.3 Å². The average molecular weight is 395 g/mol. The normalized spacial score (nSPS) is 15.0. The van der Waals surface area contributed by atoms with E-state index in [0.717, 1.165) is 51.5 Å². The van der Waals surface area contributed by atoms with Crippen LogP contribution >= 0.6 is 23.1 Å². The van der Waals surface area contributed by atoms with E-state index in [1.807, 2.05) is 29.6 Å². The van der Waals surface area contributed by atoms with Crippen molar-refractivity contribution in [1.29, 1.82) is 0 Å². The van der Waals surface area contributed by atoms with Crippen molar-refractivity contribution in [2.75, 3.05) is 13.1 Å². The Kier molecular flexibility index (Phi) is 4.61. The largest absolute Gasteiger partial charge is 0.296 e. The monoisotopic (exact) mass is 394 g/mol. The number of nitrogens with zero attached hydrogens (tertiary/aromatic N) is 6. The second kappa shape index (κ2) is 7.38. The predicted molar refractivity (Wildman–Crippen MR) is 107 cm³/mol. The Morgan fingerprint density at radius 3 is 2.70 bits per heavy atom. The van der Waals surface area contributed by atoms with E-state index in [1.165, 1.54) is 12.8 Å². The van der Waals surface area contributed by atoms with Gasteiger partial charge in [0.1, 0.15) is 11.4 Å². The van der Waals surface area contributed by atoms with Crippen LogP contribution in [-0.4, -0.2) is 42.7 Å². The van der Waals surface area contributed by atoms with Crippen LogP contribution < -0.4 is 0 Å². The van der Waals surface area contributed by atoms with Crippen molar-refractivity contribution in [3.8, 4) is 5.69 Å². The number of hydrogen-bond acceptors (Lipinski definition) is 7. The summed E-state index contributed by atoms with van der Waals surface area (Å²) in [4.78, 5) is 11.3. The first-order valence-corrected chi connectivity index (χ1v) is 10.7. The molecule has 0 atom stereocenters. The topological polar surface area (TPSA) is 59.7 Å². The number of rotatable bonds is 5. The number of benzene rings is 1. The van der Waals surface area contributed by atoms with Gasteiger partial charge in [0.05, 0.1) is 16.8 Å². The molecule has 136 valence electrons. The molecule has 0 aliphatic carbocycles. The summed E-state index contributed by atoms with van der Waals surface area (Å²) in [5, 5.41) is 12.9. The predicted octanol–water partition coefficient (Wildman–Crippen LogP) is 4.02. The van der Waals surface area contributed by atoms with Gasteiger partial charge in [0.25, 0.3) is 0 Å². The molecule has 0 spiro atoms. The summed E-state index contributed by atoms with van der Waals surface area (Å²) < 4.78 is 3.25. The van der Waals surface area contributed by atoms with Crippen molar-refractivity contribution in [2.24, 2.45) is 0 Å². The summed E-state index contributed by atoms with van der Waals surface area (Å²) >= 11 is 3.21. The standard InChI is InChI=1S/C19H18N6S2/c1-2-6-14(7-3-1)25-16(12-24-9-4-5-10-24)22-23-19(25)27-18-17-15(8-11-26-17)20-13-21-18/h1-3,6-8,11,13H,4-5,9-10,12H2. The van der Waals surface area contributed by atoms with Crippen molar-refractivity contribution in [3.63, 3.8) is 0 Å². The zero-order valence-corrected chi connectivity index (χ0v) is 16.3. The number of likely N-dealkylation sites (tertiary alicyclic amines) is 1. The molecule has 1 fully saturated rings. The molecule has 3 aromatic heterocycles. The van der Waals surface area contributed by atoms with Crippen LogP contribution in [0.1, 0.15) is 18.7 Å². The number of thiophene rings is 1. The van der Waals surface area contributed by atoms with Gasteiger partial charge in [-0.25, -0.2) is 9.97 Å². The quantitative estimate of drug-likeness (QED) is 0.477. The Morgan fingerprint density at radius 1 is 1.00 bits per heavy atom. The molecule has 1 aliphatic heterocycles. The van der Waals surface area contributed by atoms with E-state index in [0.29, 0.717) is 0 Å². The Labute approximate surface area is 165 Å². The van der Waals surface area contributed by atoms with Gasteiger partial charge in [-0.05, 0) is 61.3 Å². The highest BCUT2D eigenvalue weighted by Crippen LogP contribution is 2.34. The second-order valence-corrected chi connectivity index (χ2v) is 8.34. The van der Waals surface area contributed by atoms with E-state index in [-0.39, 0.29) is 0 Å². The van der Waals surface area contributed by atoms with Crippen molar-refractivity contribution in [3.05, 3.63) is 53.9 Å². The molecule has 1 aromatic carbocycles. The molecule has 1 saturated heterocycles. The van der Waals surface area contributed by atoms with Crippen LogP contribution in [-0.2, 0) is 6.54 Å². The highest BCUT2D eigenvalue weighted by Gasteiger charge is 2.20. The van der Waals surface area contributed by atoms with E-state index in [2.05, 4.69) is 41.8 Å². The van der Waals surface area contributed by atoms with Gasteiger partial charge < -0.3 is 0 Å². The van der Waals surface area contributed by atoms with Crippen molar-refractivity contribution in [1.82, 2.24) is 29.6 Å². The Hall–Kier alpha value is -2.29. The maximum atomic E-state index is 4.53. The molecule has 27 heavy (non-hydrogen) atoms. The minimum atomic E-state index is 0.820. The fraction of sp³-hybridized carbons (Fsp3) is 0.263. The number of hydrogen-bond donors (Lipinski definition) is 0. The van der Waals surface area contributed by atoms with E-state index < -0.39 is 0 Å². The Morgan fingerprint density at radius 2 is 1.85 bits per heavy atom. The maximum Gasteiger partial charge on any atom is 0.202 e. The van der Waals surface area contributed by atoms with Crippen molar-refractivity contribution < 1.29 is 0 Å². The molecule has 4 heterocycles. The van der Waals surface area contributed by atoms with E-state index in [4.69, 9.17) is 0 Å². The molecular formula is C19H18N6S2. The summed E-state index contributed by atoms with van der Waals surface area (Å²) in [7, 11) is 0. The second-order valence-electron chi connectivity index (χ2n) is 6.47. The molecule has 0 unspecified atom stereocenters. The van der Waals surface area contributed by atoms with Gasteiger partial charge in [-0.1, -0.05) is 18.2 Å². The third-order valence-corrected chi connectivity index (χ3v) is 6.67. The van der Waals surface area contributed by atoms with Gasteiger partial charge in [0.15, 0.2) is 5.82 Å². The molecule has 4 aromatic rings. The minimum absolute atomic E-state index is 0.820. The highest BCUT2D eigenvalue weighted by molar-refractivity contribution is 7.99. The lowest BCUT2D eigenvalue weighted by atomic mass is 10.3. The van der Waals surface area contributed by atoms with E-state index >= 15 is 0 Å². The van der Waals surface area contributed by atoms with E-state index in [9.17, 15) is 0 Å². The number of para-hydroxylation sites is 1. The van der Waals surface area contributed by atoms with Crippen LogP contribution in [0.4, 0.5) is 0 Å². The molecule has 6 nitrogen and oxygen atoms in total. The Bertz CT molecular complexity index is 1050. The molecule has 0 N–H and O–H groups in total. The van der Waals surface area contributed by atoms with Gasteiger partial charge >= 0.3 is 0 Å². The third kappa shape index (κ3) is 3.36. The fourth-order valence-corrected chi connectivity index (χ4v) is 5.22. The van der Waals surface area contributed by atoms with Gasteiger partial charge in [-0.15, -0.1) is 21.5 Å². The summed E-state index contributed by atoms with van der Waals surface area (Å²) in [5.41, 5.74) is 2.05. The number of aromatic nitrogens is 5. The first kappa shape index (κ1) is 16.9. The molecule has 0 radical (unpaired) electrons. The minimum Gasteiger partial charge on any atom is -0.296 e. The van der Waals surface area contributed by atoms with E-state index in [1.54, 1.807) is 29.4 Å². The van der Waals surface area contributed by atoms with Gasteiger partial charge in [-0.2, -0.15) is 0 Å². The third-order valence-electron chi connectivity index (χ3n) is 4.68. The molecule has 8 heteroatoms. The smallest absolute Gasteiger partial charge is 0.202 e. The molecule has 5 rings (SSSR count). The zero-order chi connectivity index (χ0) is 18.1. The van der Waals surface area contributed by atoms with Crippen molar-refractivity contribution >= 4 is 33.3 Å². The summed E-state index contributed by atoms with van der Waals surface area (Å²) in [6.45, 7) is 3.08. The molecular weight excluding hydrogens is 376 g/mol. The molecule has 0 saturated carbocycles. The highest BCUT2D eigenvalue weighted by atomic mass is 32.2. The van der Waals surface area contributed by atoms with Gasteiger partial charge in [0, 0.05) is 5.69 Å². The fourth-order valence-electron chi connectivity index (χ4n) is 3.37. The Balaban J connectivity index is 1.55. The summed E-state index contributed by atoms with van der Waals surface area (Å²) in [6.07, 6.45) is 4.14. The number of fused-ring (bicyclic) bond motifs is 1. The maximum absolute atomic E-state index is 4.53. The van der Waals surface area contributed by atoms with Crippen molar-refractivity contribution in [2.45, 2.75) is 29.6 Å². The zero-order valence-electron chi connectivity index (χ0n) is 14.7. The molecule has 0 bridgehead atoms. The van der Waals surface area contributed by atoms with Gasteiger partial charge in [0.2, 0.25) is 5.16 Å². The van der Waals surface area contributed by atoms with Crippen LogP contribution in [0.5, 0.6) is 0 Å². The van der Waals surface area contributed by atoms with Crippen LogP contribution in [0.3, 0.4) is 0 Å². The lowest BCUT2D eigenvalue weighted by Gasteiger charge is -2.15. The summed E-state index contributed by atoms with van der Waals surface area (Å²) in [6, 6.07) is 12.3. The summed E-state index contributed by atoms with van der Waals surface area (Å²) in [5.74, 6) is 0.974. The van der Waals surface area contributed by atoms with Crippen LogP contribution in [0.2, 0.25) is 0 Å². The van der Waals surface area contributed by atoms with Crippen LogP contribution in [0, 0.1) is 0 Å². The first-order chi connectivity index (χ1) is 13.4. The van der Waals surface area contributed by atoms with Crippen LogP contribution in [0.25, 0.3) is 15.9 Å². The van der Waals surface area contributed by atoms with Gasteiger partial charge in [-0.3, -0.25) is 9.47 Å². The molecule has 1 aliphatic rings. The lowest BCUT2D eigenvalue weighted by molar-refractivity contribution is 0.319. The average Bonchev–Trinajstić information content (AvgIpc) is 3.44. The SMILES string of the molecule is c1ccc(-n2c(CN3CCCC3)nnc2Sc2ncnc3ccsc23)cc1. The molecule has 0 amide bonds.